The van der Waals surface area contributed by atoms with Gasteiger partial charge in [0.05, 0.1) is 30.9 Å². The zero-order chi connectivity index (χ0) is 28.5. The Bertz CT molecular complexity index is 920. The highest BCUT2D eigenvalue weighted by atomic mass is 35.5. The number of piperidine rings is 1. The van der Waals surface area contributed by atoms with Crippen molar-refractivity contribution >= 4 is 23.2 Å². The SMILES string of the molecule is COC1CCC2C(C1)C(C1CCC(Cl)CC1)=N[C@@H](CC(=O)N1CCC(C3CCCC(CN)C3)CC1)C1NNC(C)N21. The van der Waals surface area contributed by atoms with Crippen molar-refractivity contribution in [3.8, 4) is 0 Å². The summed E-state index contributed by atoms with van der Waals surface area (Å²) in [6, 6.07) is 0.330. The molecule has 232 valence electrons. The van der Waals surface area contributed by atoms with Crippen LogP contribution in [0.4, 0.5) is 0 Å². The highest BCUT2D eigenvalue weighted by molar-refractivity contribution is 6.20. The minimum Gasteiger partial charge on any atom is -0.381 e. The van der Waals surface area contributed by atoms with Crippen LogP contribution in [0.2, 0.25) is 0 Å². The summed E-state index contributed by atoms with van der Waals surface area (Å²) in [5.74, 6) is 3.39. The van der Waals surface area contributed by atoms with Crippen molar-refractivity contribution < 1.29 is 9.53 Å². The number of carbonyl (C=O) groups is 1. The molecule has 41 heavy (non-hydrogen) atoms. The lowest BCUT2D eigenvalue weighted by Gasteiger charge is -2.44. The van der Waals surface area contributed by atoms with Crippen LogP contribution < -0.4 is 16.6 Å². The van der Waals surface area contributed by atoms with E-state index in [1.165, 1.54) is 31.4 Å². The molecule has 3 aliphatic carbocycles. The first kappa shape index (κ1) is 30.3. The largest absolute Gasteiger partial charge is 0.381 e. The van der Waals surface area contributed by atoms with Gasteiger partial charge in [0, 0.05) is 43.2 Å². The van der Waals surface area contributed by atoms with E-state index in [1.807, 2.05) is 7.11 Å². The molecule has 7 unspecified atom stereocenters. The number of alkyl halides is 1. The van der Waals surface area contributed by atoms with Crippen LogP contribution in [0.5, 0.6) is 0 Å². The normalized spacial score (nSPS) is 42.7. The summed E-state index contributed by atoms with van der Waals surface area (Å²) in [5.41, 5.74) is 14.5. The van der Waals surface area contributed by atoms with Gasteiger partial charge in [0.1, 0.15) is 0 Å². The highest BCUT2D eigenvalue weighted by Gasteiger charge is 2.50. The molecule has 3 saturated carbocycles. The molecule has 0 aromatic carbocycles. The van der Waals surface area contributed by atoms with E-state index in [9.17, 15) is 4.79 Å². The molecule has 2 saturated heterocycles. The van der Waals surface area contributed by atoms with Crippen molar-refractivity contribution in [3.63, 3.8) is 0 Å². The summed E-state index contributed by atoms with van der Waals surface area (Å²) in [7, 11) is 1.86. The molecule has 0 aromatic heterocycles. The smallest absolute Gasteiger partial charge is 0.224 e. The fourth-order valence-electron chi connectivity index (χ4n) is 9.56. The van der Waals surface area contributed by atoms with Crippen LogP contribution in [0.1, 0.15) is 96.8 Å². The van der Waals surface area contributed by atoms with Crippen LogP contribution in [0.15, 0.2) is 4.99 Å². The first-order valence-corrected chi connectivity index (χ1v) is 17.4. The second-order valence-electron chi connectivity index (χ2n) is 14.2. The second-order valence-corrected chi connectivity index (χ2v) is 14.8. The standard InChI is InChI=1S/C32H55ClN6O2/c1-20-36-37-32-28(18-30(40)38-14-12-22(13-15-38)24-5-3-4-21(16-24)19-34)35-31(23-6-8-25(33)9-7-23)27-17-26(41-2)10-11-29(27)39(20)32/h20-29,32,36-37H,3-19,34H2,1-2H3/t20?,21?,23?,24?,25?,26?,27?,28-,29?,32?/m0/s1. The van der Waals surface area contributed by atoms with Gasteiger partial charge in [0.15, 0.2) is 0 Å². The van der Waals surface area contributed by atoms with E-state index in [0.717, 1.165) is 89.3 Å². The van der Waals surface area contributed by atoms with Gasteiger partial charge in [-0.25, -0.2) is 10.9 Å². The number of halogens is 1. The number of hydrogen-bond acceptors (Lipinski definition) is 7. The van der Waals surface area contributed by atoms with Crippen LogP contribution >= 0.6 is 11.6 Å². The molecule has 6 rings (SSSR count). The van der Waals surface area contributed by atoms with Gasteiger partial charge in [-0.3, -0.25) is 14.7 Å². The monoisotopic (exact) mass is 590 g/mol. The van der Waals surface area contributed by atoms with Gasteiger partial charge in [0.25, 0.3) is 0 Å². The van der Waals surface area contributed by atoms with Gasteiger partial charge in [0.2, 0.25) is 5.91 Å². The highest BCUT2D eigenvalue weighted by Crippen LogP contribution is 2.42. The molecule has 0 radical (unpaired) electrons. The Balaban J connectivity index is 1.18. The maximum absolute atomic E-state index is 13.9. The Hall–Kier alpha value is -0.770. The number of carbonyl (C=O) groups excluding carboxylic acids is 1. The van der Waals surface area contributed by atoms with E-state index in [-0.39, 0.29) is 35.8 Å². The van der Waals surface area contributed by atoms with Gasteiger partial charge in [-0.1, -0.05) is 12.8 Å². The van der Waals surface area contributed by atoms with Gasteiger partial charge < -0.3 is 15.4 Å². The van der Waals surface area contributed by atoms with Crippen LogP contribution in [-0.2, 0) is 9.53 Å². The van der Waals surface area contributed by atoms with Crippen molar-refractivity contribution in [2.45, 2.75) is 133 Å². The van der Waals surface area contributed by atoms with Crippen molar-refractivity contribution in [2.75, 3.05) is 26.7 Å². The average molecular weight is 591 g/mol. The zero-order valence-corrected chi connectivity index (χ0v) is 26.2. The Morgan fingerprint density at radius 3 is 2.51 bits per heavy atom. The van der Waals surface area contributed by atoms with Crippen LogP contribution in [0.25, 0.3) is 0 Å². The molecule has 6 aliphatic rings. The Morgan fingerprint density at radius 2 is 1.78 bits per heavy atom. The maximum Gasteiger partial charge on any atom is 0.224 e. The number of nitrogens with one attached hydrogen (secondary N) is 2. The fourth-order valence-corrected chi connectivity index (χ4v) is 9.82. The number of nitrogens with zero attached hydrogens (tertiary/aromatic N) is 3. The lowest BCUT2D eigenvalue weighted by Crippen LogP contribution is -2.55. The number of aliphatic imine (C=N–C) groups is 1. The Kier molecular flexibility index (Phi) is 9.95. The lowest BCUT2D eigenvalue weighted by atomic mass is 9.72. The molecular formula is C32H55ClN6O2. The summed E-state index contributed by atoms with van der Waals surface area (Å²) in [6.07, 6.45) is 16.1. The van der Waals surface area contributed by atoms with Crippen LogP contribution in [0.3, 0.4) is 0 Å². The molecule has 8 atom stereocenters. The third-order valence-corrected chi connectivity index (χ3v) is 12.4. The lowest BCUT2D eigenvalue weighted by molar-refractivity contribution is -0.133. The van der Waals surface area contributed by atoms with Crippen molar-refractivity contribution in [3.05, 3.63) is 0 Å². The number of nitrogens with two attached hydrogens (primary N) is 1. The minimum atomic E-state index is -0.0864. The molecule has 9 heteroatoms. The number of amides is 1. The van der Waals surface area contributed by atoms with Crippen molar-refractivity contribution in [2.24, 2.45) is 40.3 Å². The van der Waals surface area contributed by atoms with Crippen LogP contribution in [-0.4, -0.2) is 84.1 Å². The topological polar surface area (TPSA) is 95.2 Å². The number of methoxy groups -OCH3 is 1. The van der Waals surface area contributed by atoms with E-state index in [0.29, 0.717) is 30.2 Å². The predicted molar refractivity (Wildman–Crippen MR) is 165 cm³/mol. The maximum atomic E-state index is 13.9. The molecule has 4 N–H and O–H groups in total. The van der Waals surface area contributed by atoms with Crippen LogP contribution in [0, 0.1) is 29.6 Å². The molecule has 0 aromatic rings. The number of hydrazine groups is 1. The van der Waals surface area contributed by atoms with Gasteiger partial charge in [-0.05, 0) is 108 Å². The summed E-state index contributed by atoms with van der Waals surface area (Å²) in [5, 5.41) is 0.288. The van der Waals surface area contributed by atoms with E-state index in [2.05, 4.69) is 27.6 Å². The van der Waals surface area contributed by atoms with Gasteiger partial charge >= 0.3 is 0 Å². The molecular weight excluding hydrogens is 536 g/mol. The second kappa shape index (κ2) is 13.5. The van der Waals surface area contributed by atoms with E-state index < -0.39 is 0 Å². The van der Waals surface area contributed by atoms with Gasteiger partial charge in [-0.2, -0.15) is 0 Å². The van der Waals surface area contributed by atoms with Crippen molar-refractivity contribution in [1.29, 1.82) is 0 Å². The number of hydrogen-bond donors (Lipinski definition) is 3. The summed E-state index contributed by atoms with van der Waals surface area (Å²) >= 11 is 6.55. The minimum absolute atomic E-state index is 0.0374. The van der Waals surface area contributed by atoms with Gasteiger partial charge in [-0.15, -0.1) is 11.6 Å². The number of likely N-dealkylation sites (tertiary alicyclic amines) is 1. The summed E-state index contributed by atoms with van der Waals surface area (Å²) in [6.45, 7) is 4.87. The summed E-state index contributed by atoms with van der Waals surface area (Å²) < 4.78 is 5.91. The number of rotatable bonds is 6. The molecule has 1 amide bonds. The third-order valence-electron chi connectivity index (χ3n) is 11.9. The Morgan fingerprint density at radius 1 is 1.00 bits per heavy atom. The molecule has 5 fully saturated rings. The quantitative estimate of drug-likeness (QED) is 0.400. The predicted octanol–water partition coefficient (Wildman–Crippen LogP) is 4.27. The fraction of sp³-hybridized carbons (Fsp3) is 0.938. The van der Waals surface area contributed by atoms with E-state index >= 15 is 0 Å². The third kappa shape index (κ3) is 6.53. The molecule has 0 bridgehead atoms. The first-order valence-electron chi connectivity index (χ1n) is 17.0. The van der Waals surface area contributed by atoms with E-state index in [4.69, 9.17) is 27.1 Å². The van der Waals surface area contributed by atoms with E-state index in [1.54, 1.807) is 0 Å². The Labute approximate surface area is 252 Å². The molecule has 8 nitrogen and oxygen atoms in total. The van der Waals surface area contributed by atoms with Crippen molar-refractivity contribution in [1.82, 2.24) is 20.7 Å². The summed E-state index contributed by atoms with van der Waals surface area (Å²) in [4.78, 5) is 24.3. The zero-order valence-electron chi connectivity index (χ0n) is 25.5. The molecule has 0 spiro atoms. The average Bonchev–Trinajstić information content (AvgIpc) is 3.34. The molecule has 3 aliphatic heterocycles. The number of ether oxygens (including phenoxy) is 1. The first-order chi connectivity index (χ1) is 19.9. The number of fused-ring (bicyclic) bond motifs is 3. The molecule has 3 heterocycles.